The van der Waals surface area contributed by atoms with Crippen LogP contribution < -0.4 is 5.32 Å². The Morgan fingerprint density at radius 2 is 2.09 bits per heavy atom. The van der Waals surface area contributed by atoms with Crippen molar-refractivity contribution in [1.82, 2.24) is 15.5 Å². The zero-order valence-electron chi connectivity index (χ0n) is 13.6. The van der Waals surface area contributed by atoms with Gasteiger partial charge in [-0.2, -0.15) is 0 Å². The lowest BCUT2D eigenvalue weighted by molar-refractivity contribution is 0.0528. The number of nitrogens with one attached hydrogen (secondary N) is 1. The van der Waals surface area contributed by atoms with E-state index in [2.05, 4.69) is 31.4 Å². The molecule has 0 unspecified atom stereocenters. The van der Waals surface area contributed by atoms with Crippen molar-refractivity contribution in [2.75, 3.05) is 6.54 Å². The highest BCUT2D eigenvalue weighted by molar-refractivity contribution is 9.10. The second-order valence-electron chi connectivity index (χ2n) is 6.09. The van der Waals surface area contributed by atoms with Crippen molar-refractivity contribution < 1.29 is 13.9 Å². The quantitative estimate of drug-likeness (QED) is 0.869. The van der Waals surface area contributed by atoms with Gasteiger partial charge in [-0.1, -0.05) is 22.0 Å². The molecule has 2 aromatic rings. The van der Waals surface area contributed by atoms with Gasteiger partial charge in [0.05, 0.1) is 0 Å². The Labute approximate surface area is 143 Å². The van der Waals surface area contributed by atoms with Gasteiger partial charge in [0, 0.05) is 23.0 Å². The van der Waals surface area contributed by atoms with Crippen molar-refractivity contribution in [3.8, 4) is 11.5 Å². The number of carbonyl (C=O) groups excluding carboxylic acids is 1. The van der Waals surface area contributed by atoms with Gasteiger partial charge >= 0.3 is 6.09 Å². The molecular formula is C16H20BrN3O3. The van der Waals surface area contributed by atoms with Crippen molar-refractivity contribution in [3.05, 3.63) is 34.1 Å². The van der Waals surface area contributed by atoms with E-state index in [0.717, 1.165) is 15.6 Å². The van der Waals surface area contributed by atoms with Crippen LogP contribution in [0.2, 0.25) is 0 Å². The number of carbonyl (C=O) groups is 1. The van der Waals surface area contributed by atoms with Crippen molar-refractivity contribution in [3.63, 3.8) is 0 Å². The zero-order chi connectivity index (χ0) is 17.0. The fraction of sp³-hybridized carbons (Fsp3) is 0.438. The van der Waals surface area contributed by atoms with Gasteiger partial charge in [0.15, 0.2) is 0 Å². The third-order valence-electron chi connectivity index (χ3n) is 2.97. The summed E-state index contributed by atoms with van der Waals surface area (Å²) in [7, 11) is 0. The molecule has 6 nitrogen and oxygen atoms in total. The van der Waals surface area contributed by atoms with Gasteiger partial charge in [-0.25, -0.2) is 4.79 Å². The van der Waals surface area contributed by atoms with Crippen LogP contribution in [0.1, 0.15) is 32.2 Å². The molecule has 0 aliphatic carbocycles. The summed E-state index contributed by atoms with van der Waals surface area (Å²) in [5, 5.41) is 10.7. The van der Waals surface area contributed by atoms with E-state index in [0.29, 0.717) is 24.7 Å². The predicted molar refractivity (Wildman–Crippen MR) is 90.1 cm³/mol. The number of nitrogens with zero attached hydrogens (tertiary/aromatic N) is 2. The SMILES string of the molecule is Cc1c(Br)cccc1-c1nnc(CCNC(=O)OC(C)(C)C)o1. The number of aromatic nitrogens is 2. The molecule has 1 aromatic carbocycles. The Balaban J connectivity index is 1.93. The number of rotatable bonds is 4. The van der Waals surface area contributed by atoms with Gasteiger partial charge in [-0.3, -0.25) is 0 Å². The molecule has 0 aliphatic heterocycles. The summed E-state index contributed by atoms with van der Waals surface area (Å²) in [6.07, 6.45) is -0.0145. The Morgan fingerprint density at radius 3 is 2.78 bits per heavy atom. The molecule has 0 aliphatic rings. The van der Waals surface area contributed by atoms with Gasteiger partial charge in [0.2, 0.25) is 11.8 Å². The Morgan fingerprint density at radius 1 is 1.35 bits per heavy atom. The summed E-state index contributed by atoms with van der Waals surface area (Å²) in [4.78, 5) is 11.6. The topological polar surface area (TPSA) is 77.2 Å². The summed E-state index contributed by atoms with van der Waals surface area (Å²) in [5.74, 6) is 0.937. The molecular weight excluding hydrogens is 362 g/mol. The van der Waals surface area contributed by atoms with Crippen LogP contribution in [0.3, 0.4) is 0 Å². The molecule has 1 N–H and O–H groups in total. The fourth-order valence-electron chi connectivity index (χ4n) is 1.89. The number of ether oxygens (including phenoxy) is 1. The maximum absolute atomic E-state index is 11.6. The van der Waals surface area contributed by atoms with E-state index < -0.39 is 11.7 Å². The molecule has 0 radical (unpaired) electrons. The van der Waals surface area contributed by atoms with E-state index >= 15 is 0 Å². The molecule has 7 heteroatoms. The van der Waals surface area contributed by atoms with Crippen LogP contribution in [-0.2, 0) is 11.2 Å². The smallest absolute Gasteiger partial charge is 0.407 e. The second-order valence-corrected chi connectivity index (χ2v) is 6.95. The normalized spacial score (nSPS) is 11.3. The van der Waals surface area contributed by atoms with Crippen molar-refractivity contribution >= 4 is 22.0 Å². The molecule has 1 amide bonds. The monoisotopic (exact) mass is 381 g/mol. The molecule has 0 fully saturated rings. The summed E-state index contributed by atoms with van der Waals surface area (Å²) >= 11 is 3.48. The maximum atomic E-state index is 11.6. The molecule has 0 saturated heterocycles. The minimum atomic E-state index is -0.514. The predicted octanol–water partition coefficient (Wildman–Crippen LogP) is 3.87. The average Bonchev–Trinajstić information content (AvgIpc) is 2.88. The third-order valence-corrected chi connectivity index (χ3v) is 3.83. The summed E-state index contributed by atoms with van der Waals surface area (Å²) in [6.45, 7) is 7.80. The lowest BCUT2D eigenvalue weighted by Crippen LogP contribution is -2.33. The highest BCUT2D eigenvalue weighted by Gasteiger charge is 2.16. The highest BCUT2D eigenvalue weighted by atomic mass is 79.9. The molecule has 124 valence electrons. The van der Waals surface area contributed by atoms with Crippen LogP contribution in [0, 0.1) is 6.92 Å². The molecule has 2 rings (SSSR count). The number of amides is 1. The molecule has 0 bridgehead atoms. The fourth-order valence-corrected chi connectivity index (χ4v) is 2.25. The van der Waals surface area contributed by atoms with Crippen molar-refractivity contribution in [1.29, 1.82) is 0 Å². The molecule has 0 atom stereocenters. The summed E-state index contributed by atoms with van der Waals surface area (Å²) < 4.78 is 11.8. The van der Waals surface area contributed by atoms with Crippen LogP contribution >= 0.6 is 15.9 Å². The summed E-state index contributed by atoms with van der Waals surface area (Å²) in [5.41, 5.74) is 1.41. The Hall–Kier alpha value is -1.89. The van der Waals surface area contributed by atoms with Crippen LogP contribution in [0.15, 0.2) is 27.1 Å². The van der Waals surface area contributed by atoms with E-state index in [-0.39, 0.29) is 0 Å². The highest BCUT2D eigenvalue weighted by Crippen LogP contribution is 2.27. The van der Waals surface area contributed by atoms with E-state index in [9.17, 15) is 4.79 Å². The van der Waals surface area contributed by atoms with Gasteiger partial charge in [0.1, 0.15) is 5.60 Å². The third kappa shape index (κ3) is 5.06. The average molecular weight is 382 g/mol. The Bertz CT molecular complexity index is 692. The largest absolute Gasteiger partial charge is 0.444 e. The van der Waals surface area contributed by atoms with E-state index in [1.807, 2.05) is 45.9 Å². The van der Waals surface area contributed by atoms with Crippen molar-refractivity contribution in [2.45, 2.75) is 39.7 Å². The van der Waals surface area contributed by atoms with E-state index in [1.165, 1.54) is 0 Å². The first-order chi connectivity index (χ1) is 10.8. The molecule has 1 aromatic heterocycles. The van der Waals surface area contributed by atoms with Crippen molar-refractivity contribution in [2.24, 2.45) is 0 Å². The van der Waals surface area contributed by atoms with Crippen LogP contribution in [0.4, 0.5) is 4.79 Å². The van der Waals surface area contributed by atoms with Gasteiger partial charge in [-0.15, -0.1) is 10.2 Å². The number of hydrogen-bond donors (Lipinski definition) is 1. The summed E-state index contributed by atoms with van der Waals surface area (Å²) in [6, 6.07) is 5.80. The minimum Gasteiger partial charge on any atom is -0.444 e. The number of alkyl carbamates (subject to hydrolysis) is 1. The lowest BCUT2D eigenvalue weighted by atomic mass is 10.1. The molecule has 0 saturated carbocycles. The first kappa shape index (κ1) is 17.5. The zero-order valence-corrected chi connectivity index (χ0v) is 15.2. The number of halogens is 1. The van der Waals surface area contributed by atoms with Crippen LogP contribution in [-0.4, -0.2) is 28.4 Å². The standard InChI is InChI=1S/C16H20BrN3O3/c1-10-11(6-5-7-12(10)17)14-20-19-13(22-14)8-9-18-15(21)23-16(2,3)4/h5-7H,8-9H2,1-4H3,(H,18,21). The lowest BCUT2D eigenvalue weighted by Gasteiger charge is -2.19. The second kappa shape index (κ2) is 7.12. The maximum Gasteiger partial charge on any atom is 0.407 e. The minimum absolute atomic E-state index is 0.369. The molecule has 23 heavy (non-hydrogen) atoms. The van der Waals surface area contributed by atoms with Gasteiger partial charge in [0.25, 0.3) is 0 Å². The van der Waals surface area contributed by atoms with Gasteiger partial charge < -0.3 is 14.5 Å². The van der Waals surface area contributed by atoms with E-state index in [4.69, 9.17) is 9.15 Å². The molecule has 0 spiro atoms. The molecule has 1 heterocycles. The first-order valence-electron chi connectivity index (χ1n) is 7.31. The Kier molecular flexibility index (Phi) is 5.41. The first-order valence-corrected chi connectivity index (χ1v) is 8.10. The van der Waals surface area contributed by atoms with Gasteiger partial charge in [-0.05, 0) is 45.4 Å². The number of hydrogen-bond acceptors (Lipinski definition) is 5. The van der Waals surface area contributed by atoms with Crippen LogP contribution in [0.25, 0.3) is 11.5 Å². The number of benzene rings is 1. The van der Waals surface area contributed by atoms with Crippen LogP contribution in [0.5, 0.6) is 0 Å². The van der Waals surface area contributed by atoms with E-state index in [1.54, 1.807) is 0 Å².